The maximum absolute atomic E-state index is 6.09. The molecule has 2 N–H and O–H groups in total. The van der Waals surface area contributed by atoms with Gasteiger partial charge in [-0.25, -0.2) is 0 Å². The SMILES string of the molecule is Clc1ccc(COc2ccc3ccccc3c2CNc2nn[nH]n2)cc1Cl. The van der Waals surface area contributed by atoms with E-state index in [1.54, 1.807) is 6.07 Å². The third kappa shape index (κ3) is 3.97. The molecule has 0 aliphatic carbocycles. The molecule has 3 aromatic carbocycles. The molecule has 0 atom stereocenters. The monoisotopic (exact) mass is 399 g/mol. The molecule has 0 fully saturated rings. The Morgan fingerprint density at radius 1 is 1.00 bits per heavy atom. The molecule has 0 saturated carbocycles. The van der Waals surface area contributed by atoms with Gasteiger partial charge in [-0.15, -0.1) is 5.10 Å². The average Bonchev–Trinajstić information content (AvgIpc) is 3.21. The first-order valence-corrected chi connectivity index (χ1v) is 9.01. The molecule has 0 aliphatic rings. The van der Waals surface area contributed by atoms with Crippen LogP contribution in [-0.2, 0) is 13.2 Å². The van der Waals surface area contributed by atoms with Crippen LogP contribution in [0, 0.1) is 0 Å². The number of aromatic amines is 1. The van der Waals surface area contributed by atoms with Crippen molar-refractivity contribution in [1.29, 1.82) is 0 Å². The Bertz CT molecular complexity index is 1070. The standard InChI is InChI=1S/C19H15Cl2N5O/c20-16-7-5-12(9-17(16)21)11-27-18-8-6-13-3-1-2-4-14(13)15(18)10-22-19-23-25-26-24-19/h1-9H,10-11H2,(H2,22,23,24,25,26). The van der Waals surface area contributed by atoms with Gasteiger partial charge < -0.3 is 10.1 Å². The van der Waals surface area contributed by atoms with Crippen LogP contribution in [0.4, 0.5) is 5.95 Å². The molecule has 0 saturated heterocycles. The molecule has 0 spiro atoms. The maximum atomic E-state index is 6.09. The number of rotatable bonds is 6. The lowest BCUT2D eigenvalue weighted by Crippen LogP contribution is -2.05. The number of hydrogen-bond donors (Lipinski definition) is 2. The highest BCUT2D eigenvalue weighted by Crippen LogP contribution is 2.30. The van der Waals surface area contributed by atoms with Gasteiger partial charge in [-0.3, -0.25) is 0 Å². The second-order valence-electron chi connectivity index (χ2n) is 5.89. The molecule has 8 heteroatoms. The first-order valence-electron chi connectivity index (χ1n) is 8.25. The van der Waals surface area contributed by atoms with Crippen LogP contribution in [0.25, 0.3) is 10.8 Å². The molecule has 0 radical (unpaired) electrons. The zero-order valence-electron chi connectivity index (χ0n) is 14.1. The van der Waals surface area contributed by atoms with Gasteiger partial charge in [-0.1, -0.05) is 64.7 Å². The lowest BCUT2D eigenvalue weighted by atomic mass is 10.0. The van der Waals surface area contributed by atoms with Gasteiger partial charge >= 0.3 is 0 Å². The number of anilines is 1. The minimum absolute atomic E-state index is 0.379. The van der Waals surface area contributed by atoms with E-state index in [9.17, 15) is 0 Å². The number of nitrogens with zero attached hydrogens (tertiary/aromatic N) is 3. The third-order valence-corrected chi connectivity index (χ3v) is 4.88. The topological polar surface area (TPSA) is 75.7 Å². The average molecular weight is 400 g/mol. The van der Waals surface area contributed by atoms with Crippen molar-refractivity contribution >= 4 is 39.9 Å². The Hall–Kier alpha value is -2.83. The summed E-state index contributed by atoms with van der Waals surface area (Å²) in [4.78, 5) is 0. The molecule has 0 amide bonds. The normalized spacial score (nSPS) is 10.9. The van der Waals surface area contributed by atoms with E-state index in [1.165, 1.54) is 0 Å². The van der Waals surface area contributed by atoms with Crippen molar-refractivity contribution in [2.45, 2.75) is 13.2 Å². The van der Waals surface area contributed by atoms with E-state index in [4.69, 9.17) is 27.9 Å². The summed E-state index contributed by atoms with van der Waals surface area (Å²) in [5, 5.41) is 20.3. The highest BCUT2D eigenvalue weighted by molar-refractivity contribution is 6.42. The van der Waals surface area contributed by atoms with E-state index >= 15 is 0 Å². The number of H-pyrrole nitrogens is 1. The van der Waals surface area contributed by atoms with Crippen LogP contribution in [0.15, 0.2) is 54.6 Å². The highest BCUT2D eigenvalue weighted by atomic mass is 35.5. The van der Waals surface area contributed by atoms with Crippen LogP contribution in [0.5, 0.6) is 5.75 Å². The number of halogens is 2. The fourth-order valence-corrected chi connectivity index (χ4v) is 3.15. The summed E-state index contributed by atoms with van der Waals surface area (Å²) in [7, 11) is 0. The Morgan fingerprint density at radius 3 is 2.70 bits per heavy atom. The molecule has 4 aromatic rings. The van der Waals surface area contributed by atoms with E-state index < -0.39 is 0 Å². The highest BCUT2D eigenvalue weighted by Gasteiger charge is 2.11. The quantitative estimate of drug-likeness (QED) is 0.484. The van der Waals surface area contributed by atoms with Crippen molar-refractivity contribution in [1.82, 2.24) is 20.6 Å². The number of ether oxygens (including phenoxy) is 1. The van der Waals surface area contributed by atoms with E-state index in [-0.39, 0.29) is 0 Å². The summed E-state index contributed by atoms with van der Waals surface area (Å²) in [5.74, 6) is 1.20. The molecular weight excluding hydrogens is 385 g/mol. The summed E-state index contributed by atoms with van der Waals surface area (Å²) < 4.78 is 6.09. The Labute approximate surface area is 165 Å². The second kappa shape index (κ2) is 7.82. The summed E-state index contributed by atoms with van der Waals surface area (Å²) in [6, 6.07) is 17.6. The molecule has 1 heterocycles. The summed E-state index contributed by atoms with van der Waals surface area (Å²) in [6.07, 6.45) is 0. The van der Waals surface area contributed by atoms with E-state index in [0.29, 0.717) is 29.1 Å². The Morgan fingerprint density at radius 2 is 1.89 bits per heavy atom. The van der Waals surface area contributed by atoms with Crippen LogP contribution in [0.2, 0.25) is 10.0 Å². The molecule has 4 rings (SSSR count). The van der Waals surface area contributed by atoms with Crippen molar-refractivity contribution in [3.8, 4) is 5.75 Å². The first-order chi connectivity index (χ1) is 13.2. The number of tetrazole rings is 1. The molecule has 0 bridgehead atoms. The van der Waals surface area contributed by atoms with Gasteiger partial charge in [0.25, 0.3) is 5.95 Å². The minimum Gasteiger partial charge on any atom is -0.489 e. The van der Waals surface area contributed by atoms with Crippen LogP contribution in [0.3, 0.4) is 0 Å². The molecule has 1 aromatic heterocycles. The molecule has 0 aliphatic heterocycles. The molecule has 0 unspecified atom stereocenters. The van der Waals surface area contributed by atoms with Gasteiger partial charge in [0.2, 0.25) is 0 Å². The number of fused-ring (bicyclic) bond motifs is 1. The maximum Gasteiger partial charge on any atom is 0.263 e. The van der Waals surface area contributed by atoms with Gasteiger partial charge in [-0.2, -0.15) is 5.21 Å². The largest absolute Gasteiger partial charge is 0.489 e. The summed E-state index contributed by atoms with van der Waals surface area (Å²) in [6.45, 7) is 0.877. The van der Waals surface area contributed by atoms with E-state index in [0.717, 1.165) is 27.6 Å². The van der Waals surface area contributed by atoms with Gasteiger partial charge in [0.15, 0.2) is 0 Å². The van der Waals surface area contributed by atoms with Crippen LogP contribution in [0.1, 0.15) is 11.1 Å². The van der Waals surface area contributed by atoms with Crippen LogP contribution < -0.4 is 10.1 Å². The predicted octanol–water partition coefficient (Wildman–Crippen LogP) is 4.85. The zero-order valence-corrected chi connectivity index (χ0v) is 15.6. The van der Waals surface area contributed by atoms with Crippen molar-refractivity contribution in [2.24, 2.45) is 0 Å². The van der Waals surface area contributed by atoms with Crippen LogP contribution >= 0.6 is 23.2 Å². The number of hydrogen-bond acceptors (Lipinski definition) is 5. The lowest BCUT2D eigenvalue weighted by molar-refractivity contribution is 0.304. The van der Waals surface area contributed by atoms with Crippen molar-refractivity contribution in [3.63, 3.8) is 0 Å². The Balaban J connectivity index is 1.62. The van der Waals surface area contributed by atoms with Gasteiger partial charge in [0.05, 0.1) is 10.0 Å². The number of aromatic nitrogens is 4. The lowest BCUT2D eigenvalue weighted by Gasteiger charge is -2.15. The molecular formula is C19H15Cl2N5O. The summed E-state index contributed by atoms with van der Waals surface area (Å²) in [5.41, 5.74) is 1.95. The fourth-order valence-electron chi connectivity index (χ4n) is 2.83. The van der Waals surface area contributed by atoms with E-state index in [2.05, 4.69) is 38.1 Å². The van der Waals surface area contributed by atoms with Crippen LogP contribution in [-0.4, -0.2) is 20.6 Å². The fraction of sp³-hybridized carbons (Fsp3) is 0.105. The second-order valence-corrected chi connectivity index (χ2v) is 6.70. The summed E-state index contributed by atoms with van der Waals surface area (Å²) >= 11 is 12.1. The number of nitrogens with one attached hydrogen (secondary N) is 2. The van der Waals surface area contributed by atoms with Gasteiger partial charge in [0, 0.05) is 12.1 Å². The first kappa shape index (κ1) is 17.6. The van der Waals surface area contributed by atoms with Gasteiger partial charge in [0.1, 0.15) is 12.4 Å². The smallest absolute Gasteiger partial charge is 0.263 e. The zero-order chi connectivity index (χ0) is 18.6. The van der Waals surface area contributed by atoms with Crippen molar-refractivity contribution in [3.05, 3.63) is 75.8 Å². The third-order valence-electron chi connectivity index (χ3n) is 4.14. The number of benzene rings is 3. The predicted molar refractivity (Wildman–Crippen MR) is 106 cm³/mol. The van der Waals surface area contributed by atoms with E-state index in [1.807, 2.05) is 36.4 Å². The molecule has 136 valence electrons. The molecule has 6 nitrogen and oxygen atoms in total. The minimum atomic E-state index is 0.379. The Kier molecular flexibility index (Phi) is 5.09. The van der Waals surface area contributed by atoms with Crippen molar-refractivity contribution < 1.29 is 4.74 Å². The van der Waals surface area contributed by atoms with Gasteiger partial charge in [-0.05, 0) is 39.7 Å². The molecule has 27 heavy (non-hydrogen) atoms. The van der Waals surface area contributed by atoms with Crippen molar-refractivity contribution in [2.75, 3.05) is 5.32 Å².